The van der Waals surface area contributed by atoms with Crippen LogP contribution in [0, 0.1) is 0 Å². The molecular formula is C7H10Li. The van der Waals surface area contributed by atoms with Crippen molar-refractivity contribution in [1.82, 2.24) is 0 Å². The standard InChI is InChI=1S/C7H10.Li/c1-6-4-3-5-7(6)2;/h3-4H,5H2,1-2H3;. The van der Waals surface area contributed by atoms with E-state index < -0.39 is 0 Å². The molecule has 1 aliphatic carbocycles. The summed E-state index contributed by atoms with van der Waals surface area (Å²) >= 11 is 0. The molecule has 0 heterocycles. The first-order valence-electron chi connectivity index (χ1n) is 2.63. The van der Waals surface area contributed by atoms with E-state index in [2.05, 4.69) is 26.0 Å². The van der Waals surface area contributed by atoms with Gasteiger partial charge >= 0.3 is 0 Å². The van der Waals surface area contributed by atoms with Crippen molar-refractivity contribution in [3.8, 4) is 0 Å². The molecule has 0 nitrogen and oxygen atoms in total. The topological polar surface area (TPSA) is 0 Å². The fourth-order valence-corrected chi connectivity index (χ4v) is 0.716. The van der Waals surface area contributed by atoms with Gasteiger partial charge in [-0.05, 0) is 20.3 Å². The third kappa shape index (κ3) is 1.54. The summed E-state index contributed by atoms with van der Waals surface area (Å²) in [7, 11) is 0. The van der Waals surface area contributed by atoms with Gasteiger partial charge in [-0.25, -0.2) is 0 Å². The van der Waals surface area contributed by atoms with Crippen LogP contribution in [0.2, 0.25) is 0 Å². The van der Waals surface area contributed by atoms with Crippen LogP contribution in [0.5, 0.6) is 0 Å². The Morgan fingerprint density at radius 1 is 1.38 bits per heavy atom. The summed E-state index contributed by atoms with van der Waals surface area (Å²) in [6.45, 7) is 4.33. The van der Waals surface area contributed by atoms with E-state index in [-0.39, 0.29) is 18.9 Å². The molecule has 1 aliphatic rings. The van der Waals surface area contributed by atoms with Gasteiger partial charge < -0.3 is 0 Å². The minimum absolute atomic E-state index is 0. The zero-order valence-electron chi connectivity index (χ0n) is 5.86. The molecule has 1 rings (SSSR count). The molecule has 0 aromatic heterocycles. The second-order valence-electron chi connectivity index (χ2n) is 2.07. The minimum atomic E-state index is 0. The van der Waals surface area contributed by atoms with E-state index in [4.69, 9.17) is 0 Å². The van der Waals surface area contributed by atoms with E-state index in [1.54, 1.807) is 0 Å². The Hall–Kier alpha value is 0.0774. The van der Waals surface area contributed by atoms with Crippen molar-refractivity contribution in [3.63, 3.8) is 0 Å². The number of allylic oxidation sites excluding steroid dienone is 4. The van der Waals surface area contributed by atoms with Gasteiger partial charge in [-0.15, -0.1) is 0 Å². The molecule has 0 amide bonds. The average molecular weight is 101 g/mol. The first kappa shape index (κ1) is 8.08. The first-order valence-corrected chi connectivity index (χ1v) is 2.63. The summed E-state index contributed by atoms with van der Waals surface area (Å²) in [5.74, 6) is 0. The van der Waals surface area contributed by atoms with Crippen molar-refractivity contribution in [2.75, 3.05) is 0 Å². The predicted molar refractivity (Wildman–Crippen MR) is 37.9 cm³/mol. The van der Waals surface area contributed by atoms with Crippen molar-refractivity contribution in [1.29, 1.82) is 0 Å². The van der Waals surface area contributed by atoms with Gasteiger partial charge in [-0.2, -0.15) is 0 Å². The van der Waals surface area contributed by atoms with Crippen molar-refractivity contribution in [2.24, 2.45) is 0 Å². The monoisotopic (exact) mass is 101 g/mol. The molecule has 0 aromatic rings. The maximum absolute atomic E-state index is 2.20. The Kier molecular flexibility index (Phi) is 3.20. The summed E-state index contributed by atoms with van der Waals surface area (Å²) in [6.07, 6.45) is 5.55. The quantitative estimate of drug-likeness (QED) is 0.409. The fourth-order valence-electron chi connectivity index (χ4n) is 0.716. The van der Waals surface area contributed by atoms with Crippen LogP contribution in [-0.4, -0.2) is 18.9 Å². The Morgan fingerprint density at radius 3 is 2.12 bits per heavy atom. The number of hydrogen-bond donors (Lipinski definition) is 0. The SMILES string of the molecule is CC1=C(C)CC=C1.[Li]. The fraction of sp³-hybridized carbons (Fsp3) is 0.429. The van der Waals surface area contributed by atoms with Crippen LogP contribution < -0.4 is 0 Å². The summed E-state index contributed by atoms with van der Waals surface area (Å²) < 4.78 is 0. The largest absolute Gasteiger partial charge is 0.0802 e. The van der Waals surface area contributed by atoms with Crippen molar-refractivity contribution < 1.29 is 0 Å². The average Bonchev–Trinajstić information content (AvgIpc) is 1.91. The molecule has 1 radical (unpaired) electrons. The van der Waals surface area contributed by atoms with Crippen molar-refractivity contribution >= 4 is 18.9 Å². The Balaban J connectivity index is 0.000000490. The van der Waals surface area contributed by atoms with Crippen LogP contribution in [-0.2, 0) is 0 Å². The molecule has 0 unspecified atom stereocenters. The molecule has 0 saturated heterocycles. The summed E-state index contributed by atoms with van der Waals surface area (Å²) in [5.41, 5.74) is 2.96. The van der Waals surface area contributed by atoms with E-state index in [0.717, 1.165) is 0 Å². The van der Waals surface area contributed by atoms with Gasteiger partial charge in [0, 0.05) is 18.9 Å². The van der Waals surface area contributed by atoms with Gasteiger partial charge in [0.05, 0.1) is 0 Å². The normalized spacial score (nSPS) is 16.8. The first-order chi connectivity index (χ1) is 3.30. The van der Waals surface area contributed by atoms with E-state index in [9.17, 15) is 0 Å². The predicted octanol–water partition coefficient (Wildman–Crippen LogP) is 1.90. The molecule has 0 N–H and O–H groups in total. The van der Waals surface area contributed by atoms with Crippen LogP contribution in [0.3, 0.4) is 0 Å². The Bertz CT molecular complexity index is 131. The molecule has 8 heavy (non-hydrogen) atoms. The van der Waals surface area contributed by atoms with E-state index >= 15 is 0 Å². The Labute approximate surface area is 62.8 Å². The molecule has 1 heteroatoms. The summed E-state index contributed by atoms with van der Waals surface area (Å²) in [6, 6.07) is 0. The van der Waals surface area contributed by atoms with Crippen LogP contribution in [0.25, 0.3) is 0 Å². The van der Waals surface area contributed by atoms with E-state index in [1.807, 2.05) is 0 Å². The van der Waals surface area contributed by atoms with Crippen LogP contribution >= 0.6 is 0 Å². The molecule has 39 valence electrons. The third-order valence-corrected chi connectivity index (χ3v) is 1.47. The van der Waals surface area contributed by atoms with Crippen LogP contribution in [0.4, 0.5) is 0 Å². The number of hydrogen-bond acceptors (Lipinski definition) is 0. The van der Waals surface area contributed by atoms with Gasteiger partial charge in [0.2, 0.25) is 0 Å². The van der Waals surface area contributed by atoms with Gasteiger partial charge in [-0.3, -0.25) is 0 Å². The van der Waals surface area contributed by atoms with Crippen molar-refractivity contribution in [3.05, 3.63) is 23.3 Å². The van der Waals surface area contributed by atoms with Gasteiger partial charge in [0.25, 0.3) is 0 Å². The van der Waals surface area contributed by atoms with Gasteiger partial charge in [-0.1, -0.05) is 23.3 Å². The summed E-state index contributed by atoms with van der Waals surface area (Å²) in [5, 5.41) is 0. The molecule has 0 saturated carbocycles. The zero-order chi connectivity index (χ0) is 5.28. The van der Waals surface area contributed by atoms with Crippen LogP contribution in [0.1, 0.15) is 20.3 Å². The van der Waals surface area contributed by atoms with Gasteiger partial charge in [0.15, 0.2) is 0 Å². The third-order valence-electron chi connectivity index (χ3n) is 1.47. The summed E-state index contributed by atoms with van der Waals surface area (Å²) in [4.78, 5) is 0. The molecule has 0 atom stereocenters. The minimum Gasteiger partial charge on any atom is -0.0802 e. The second-order valence-corrected chi connectivity index (χ2v) is 2.07. The zero-order valence-corrected chi connectivity index (χ0v) is 5.86. The maximum atomic E-state index is 2.20. The van der Waals surface area contributed by atoms with Crippen molar-refractivity contribution in [2.45, 2.75) is 20.3 Å². The van der Waals surface area contributed by atoms with E-state index in [0.29, 0.717) is 0 Å². The maximum Gasteiger partial charge on any atom is 0 e. The second kappa shape index (κ2) is 3.17. The molecule has 0 aliphatic heterocycles. The molecule has 0 fully saturated rings. The van der Waals surface area contributed by atoms with E-state index in [1.165, 1.54) is 17.6 Å². The Morgan fingerprint density at radius 2 is 2.00 bits per heavy atom. The molecule has 0 bridgehead atoms. The molecule has 0 aromatic carbocycles. The van der Waals surface area contributed by atoms with Crippen LogP contribution in [0.15, 0.2) is 23.3 Å². The van der Waals surface area contributed by atoms with Gasteiger partial charge in [0.1, 0.15) is 0 Å². The molecular weight excluding hydrogens is 91.0 g/mol. The number of rotatable bonds is 0. The molecule has 0 spiro atoms. The smallest absolute Gasteiger partial charge is 0 e.